The second kappa shape index (κ2) is 6.15. The first-order valence-corrected chi connectivity index (χ1v) is 8.12. The SMILES string of the molecule is CCN(CC)C1(CC(=O)C(C)(C)C)OC(C(C)(C)C)=CC1=O. The van der Waals surface area contributed by atoms with Crippen molar-refractivity contribution in [3.8, 4) is 0 Å². The molecule has 1 rings (SSSR count). The van der Waals surface area contributed by atoms with Crippen molar-refractivity contribution < 1.29 is 14.3 Å². The van der Waals surface area contributed by atoms with Crippen LogP contribution in [0.5, 0.6) is 0 Å². The van der Waals surface area contributed by atoms with Gasteiger partial charge in [0.1, 0.15) is 11.5 Å². The van der Waals surface area contributed by atoms with Crippen LogP contribution >= 0.6 is 0 Å². The van der Waals surface area contributed by atoms with Gasteiger partial charge in [-0.3, -0.25) is 14.5 Å². The molecule has 0 aliphatic carbocycles. The lowest BCUT2D eigenvalue weighted by molar-refractivity contribution is -0.165. The zero-order chi connectivity index (χ0) is 17.3. The van der Waals surface area contributed by atoms with Gasteiger partial charge in [-0.25, -0.2) is 0 Å². The molecule has 0 aromatic heterocycles. The molecule has 0 amide bonds. The Bertz CT molecular complexity index is 476. The van der Waals surface area contributed by atoms with E-state index < -0.39 is 11.1 Å². The summed E-state index contributed by atoms with van der Waals surface area (Å²) in [7, 11) is 0. The molecule has 0 saturated carbocycles. The summed E-state index contributed by atoms with van der Waals surface area (Å²) < 4.78 is 6.15. The van der Waals surface area contributed by atoms with E-state index in [1.165, 1.54) is 0 Å². The van der Waals surface area contributed by atoms with Crippen LogP contribution in [0.1, 0.15) is 61.8 Å². The Kier molecular flexibility index (Phi) is 5.28. The summed E-state index contributed by atoms with van der Waals surface area (Å²) in [4.78, 5) is 27.3. The molecule has 1 unspecified atom stereocenters. The maximum Gasteiger partial charge on any atom is 0.233 e. The van der Waals surface area contributed by atoms with E-state index >= 15 is 0 Å². The average molecular weight is 309 g/mol. The van der Waals surface area contributed by atoms with E-state index in [0.717, 1.165) is 0 Å². The van der Waals surface area contributed by atoms with Crippen molar-refractivity contribution >= 4 is 11.6 Å². The molecule has 4 heteroatoms. The smallest absolute Gasteiger partial charge is 0.233 e. The number of rotatable bonds is 5. The Balaban J connectivity index is 3.23. The molecule has 0 spiro atoms. The highest BCUT2D eigenvalue weighted by Gasteiger charge is 2.52. The molecule has 1 aliphatic rings. The maximum atomic E-state index is 12.8. The van der Waals surface area contributed by atoms with Gasteiger partial charge < -0.3 is 4.74 Å². The average Bonchev–Trinajstić information content (AvgIpc) is 2.68. The minimum atomic E-state index is -1.17. The second-order valence-corrected chi connectivity index (χ2v) is 8.03. The van der Waals surface area contributed by atoms with Crippen LogP contribution in [-0.4, -0.2) is 35.3 Å². The summed E-state index contributed by atoms with van der Waals surface area (Å²) in [5, 5.41) is 0. The lowest BCUT2D eigenvalue weighted by Gasteiger charge is -2.40. The van der Waals surface area contributed by atoms with E-state index in [9.17, 15) is 9.59 Å². The number of carbonyl (C=O) groups is 2. The summed E-state index contributed by atoms with van der Waals surface area (Å²) >= 11 is 0. The predicted molar refractivity (Wildman–Crippen MR) is 88.4 cm³/mol. The Labute approximate surface area is 134 Å². The number of hydrogen-bond donors (Lipinski definition) is 0. The van der Waals surface area contributed by atoms with Crippen molar-refractivity contribution in [3.05, 3.63) is 11.8 Å². The van der Waals surface area contributed by atoms with Crippen LogP contribution in [0.25, 0.3) is 0 Å². The van der Waals surface area contributed by atoms with Gasteiger partial charge >= 0.3 is 0 Å². The molecule has 4 nitrogen and oxygen atoms in total. The number of ether oxygens (including phenoxy) is 1. The zero-order valence-corrected chi connectivity index (χ0v) is 15.4. The molecular weight excluding hydrogens is 278 g/mol. The van der Waals surface area contributed by atoms with Gasteiger partial charge in [0, 0.05) is 16.9 Å². The first-order valence-electron chi connectivity index (χ1n) is 8.12. The Morgan fingerprint density at radius 2 is 1.64 bits per heavy atom. The molecule has 1 aliphatic heterocycles. The summed E-state index contributed by atoms with van der Waals surface area (Å²) in [6.45, 7) is 16.9. The summed E-state index contributed by atoms with van der Waals surface area (Å²) in [6, 6.07) is 0. The Hall–Kier alpha value is -1.16. The van der Waals surface area contributed by atoms with Gasteiger partial charge in [0.05, 0.1) is 6.42 Å². The number of ketones is 2. The quantitative estimate of drug-likeness (QED) is 0.779. The van der Waals surface area contributed by atoms with E-state index in [0.29, 0.717) is 18.8 Å². The first kappa shape index (κ1) is 18.9. The van der Waals surface area contributed by atoms with Crippen molar-refractivity contribution in [2.75, 3.05) is 13.1 Å². The Morgan fingerprint density at radius 3 is 1.95 bits per heavy atom. The highest BCUT2D eigenvalue weighted by Crippen LogP contribution is 2.41. The monoisotopic (exact) mass is 309 g/mol. The number of carbonyl (C=O) groups excluding carboxylic acids is 2. The van der Waals surface area contributed by atoms with Gasteiger partial charge in [0.2, 0.25) is 11.5 Å². The van der Waals surface area contributed by atoms with Crippen LogP contribution in [0.15, 0.2) is 11.8 Å². The van der Waals surface area contributed by atoms with Crippen LogP contribution in [0, 0.1) is 10.8 Å². The van der Waals surface area contributed by atoms with Gasteiger partial charge in [-0.15, -0.1) is 0 Å². The van der Waals surface area contributed by atoms with Crippen molar-refractivity contribution in [1.82, 2.24) is 4.90 Å². The lowest BCUT2D eigenvalue weighted by atomic mass is 9.84. The molecule has 1 atom stereocenters. The van der Waals surface area contributed by atoms with Crippen molar-refractivity contribution in [3.63, 3.8) is 0 Å². The molecule has 1 heterocycles. The van der Waals surface area contributed by atoms with Crippen molar-refractivity contribution in [1.29, 1.82) is 0 Å². The third-order valence-corrected chi connectivity index (χ3v) is 4.18. The highest BCUT2D eigenvalue weighted by atomic mass is 16.5. The minimum Gasteiger partial charge on any atom is -0.468 e. The molecule has 0 aromatic carbocycles. The topological polar surface area (TPSA) is 46.6 Å². The largest absolute Gasteiger partial charge is 0.468 e. The zero-order valence-electron chi connectivity index (χ0n) is 15.4. The number of hydrogen-bond acceptors (Lipinski definition) is 4. The maximum absolute atomic E-state index is 12.8. The van der Waals surface area contributed by atoms with E-state index in [1.807, 2.05) is 60.3 Å². The van der Waals surface area contributed by atoms with Crippen LogP contribution in [0.3, 0.4) is 0 Å². The van der Waals surface area contributed by atoms with Crippen LogP contribution in [0.2, 0.25) is 0 Å². The van der Waals surface area contributed by atoms with E-state index in [-0.39, 0.29) is 23.4 Å². The molecule has 0 saturated heterocycles. The third kappa shape index (κ3) is 3.60. The lowest BCUT2D eigenvalue weighted by Crippen LogP contribution is -2.56. The number of Topliss-reactive ketones (excluding diaryl/α,β-unsaturated/α-hetero) is 1. The molecule has 0 radical (unpaired) electrons. The van der Waals surface area contributed by atoms with E-state index in [1.54, 1.807) is 6.08 Å². The van der Waals surface area contributed by atoms with Crippen LogP contribution < -0.4 is 0 Å². The van der Waals surface area contributed by atoms with Crippen LogP contribution in [0.4, 0.5) is 0 Å². The van der Waals surface area contributed by atoms with Crippen molar-refractivity contribution in [2.24, 2.45) is 10.8 Å². The standard InChI is InChI=1S/C18H31NO3/c1-9-19(10-2)18(12-14(21)16(3,4)5)13(20)11-15(22-18)17(6,7)8/h11H,9-10,12H2,1-8H3. The fourth-order valence-electron chi connectivity index (χ4n) is 2.54. The number of nitrogens with zero attached hydrogens (tertiary/aromatic N) is 1. The molecule has 0 N–H and O–H groups in total. The molecule has 0 fully saturated rings. The molecule has 22 heavy (non-hydrogen) atoms. The molecule has 126 valence electrons. The van der Waals surface area contributed by atoms with Gasteiger partial charge in [-0.05, 0) is 13.1 Å². The van der Waals surface area contributed by atoms with Crippen molar-refractivity contribution in [2.45, 2.75) is 67.5 Å². The fraction of sp³-hybridized carbons (Fsp3) is 0.778. The van der Waals surface area contributed by atoms with Gasteiger partial charge in [-0.1, -0.05) is 55.4 Å². The van der Waals surface area contributed by atoms with Gasteiger partial charge in [-0.2, -0.15) is 0 Å². The predicted octanol–water partition coefficient (Wildman–Crippen LogP) is 3.56. The number of allylic oxidation sites excluding steroid dienone is 1. The van der Waals surface area contributed by atoms with E-state index in [2.05, 4.69) is 0 Å². The fourth-order valence-corrected chi connectivity index (χ4v) is 2.54. The molecule has 0 aromatic rings. The van der Waals surface area contributed by atoms with Gasteiger partial charge in [0.25, 0.3) is 0 Å². The van der Waals surface area contributed by atoms with Crippen LogP contribution in [-0.2, 0) is 14.3 Å². The number of likely N-dealkylation sites (N-methyl/N-ethyl adjacent to an activating group) is 1. The normalized spacial score (nSPS) is 22.8. The summed E-state index contributed by atoms with van der Waals surface area (Å²) in [5.74, 6) is 0.584. The summed E-state index contributed by atoms with van der Waals surface area (Å²) in [5.41, 5.74) is -1.92. The van der Waals surface area contributed by atoms with Gasteiger partial charge in [0.15, 0.2) is 0 Å². The minimum absolute atomic E-state index is 0.0382. The molecular formula is C18H31NO3. The first-order chi connectivity index (χ1) is 9.88. The van der Waals surface area contributed by atoms with E-state index in [4.69, 9.17) is 4.74 Å². The Morgan fingerprint density at radius 1 is 1.14 bits per heavy atom. The third-order valence-electron chi connectivity index (χ3n) is 4.18. The molecule has 0 bridgehead atoms. The second-order valence-electron chi connectivity index (χ2n) is 8.03. The summed E-state index contributed by atoms with van der Waals surface area (Å²) in [6.07, 6.45) is 1.67. The highest BCUT2D eigenvalue weighted by molar-refractivity contribution is 6.02.